The maximum Gasteiger partial charge on any atom is 0.147 e. The molecule has 0 aromatic carbocycles. The number of ketones is 1. The molecule has 1 aromatic rings. The number of hydrogen-bond acceptors (Lipinski definition) is 4. The highest BCUT2D eigenvalue weighted by atomic mass is 16.1. The lowest BCUT2D eigenvalue weighted by molar-refractivity contribution is -0.128. The van der Waals surface area contributed by atoms with Gasteiger partial charge in [-0.25, -0.2) is 9.67 Å². The Morgan fingerprint density at radius 2 is 2.06 bits per heavy atom. The molecule has 2 N–H and O–H groups in total. The van der Waals surface area contributed by atoms with Gasteiger partial charge in [0.05, 0.1) is 6.42 Å². The van der Waals surface area contributed by atoms with Crippen LogP contribution in [-0.2, 0) is 11.2 Å². The number of rotatable bonds is 7. The third-order valence-corrected chi connectivity index (χ3v) is 3.79. The molecule has 1 aromatic heterocycles. The first-order valence-corrected chi connectivity index (χ1v) is 6.62. The number of hydrogen-bond donors (Lipinski definition) is 1. The summed E-state index contributed by atoms with van der Waals surface area (Å²) in [5.74, 6) is 0.902. The topological polar surface area (TPSA) is 73.8 Å². The van der Waals surface area contributed by atoms with Crippen LogP contribution in [0.1, 0.15) is 52.4 Å². The number of nitrogens with two attached hydrogens (primary N) is 1. The van der Waals surface area contributed by atoms with E-state index >= 15 is 0 Å². The molecular formula is C13H24N4O. The van der Waals surface area contributed by atoms with Crippen molar-refractivity contribution in [3.8, 4) is 0 Å². The quantitative estimate of drug-likeness (QED) is 0.802. The third kappa shape index (κ3) is 2.77. The first-order chi connectivity index (χ1) is 8.50. The predicted octanol–water partition coefficient (Wildman–Crippen LogP) is 1.74. The van der Waals surface area contributed by atoms with Crippen LogP contribution < -0.4 is 5.73 Å². The molecular weight excluding hydrogens is 228 g/mol. The predicted molar refractivity (Wildman–Crippen MR) is 71.2 cm³/mol. The van der Waals surface area contributed by atoms with E-state index in [2.05, 4.69) is 10.1 Å². The molecule has 5 heteroatoms. The Morgan fingerprint density at radius 3 is 2.50 bits per heavy atom. The Labute approximate surface area is 109 Å². The van der Waals surface area contributed by atoms with Crippen molar-refractivity contribution in [3.05, 3.63) is 12.2 Å². The van der Waals surface area contributed by atoms with Gasteiger partial charge < -0.3 is 5.73 Å². The minimum atomic E-state index is -0.409. The maximum atomic E-state index is 12.4. The fourth-order valence-corrected chi connectivity index (χ4v) is 2.21. The summed E-state index contributed by atoms with van der Waals surface area (Å²) in [7, 11) is 0. The Morgan fingerprint density at radius 1 is 1.44 bits per heavy atom. The van der Waals surface area contributed by atoms with Gasteiger partial charge in [0.25, 0.3) is 0 Å². The third-order valence-electron chi connectivity index (χ3n) is 3.79. The van der Waals surface area contributed by atoms with Gasteiger partial charge in [0.2, 0.25) is 0 Å². The van der Waals surface area contributed by atoms with Crippen LogP contribution in [0.25, 0.3) is 0 Å². The van der Waals surface area contributed by atoms with Gasteiger partial charge in [-0.15, -0.1) is 0 Å². The van der Waals surface area contributed by atoms with E-state index in [1.807, 2.05) is 27.7 Å². The van der Waals surface area contributed by atoms with Crippen LogP contribution in [0.5, 0.6) is 0 Å². The van der Waals surface area contributed by atoms with Crippen molar-refractivity contribution in [3.63, 3.8) is 0 Å². The average molecular weight is 252 g/mol. The highest BCUT2D eigenvalue weighted by Gasteiger charge is 2.33. The van der Waals surface area contributed by atoms with E-state index in [1.54, 1.807) is 4.68 Å². The highest BCUT2D eigenvalue weighted by molar-refractivity contribution is 5.86. The normalized spacial score (nSPS) is 12.1. The van der Waals surface area contributed by atoms with Gasteiger partial charge in [0.1, 0.15) is 17.9 Å². The zero-order valence-electron chi connectivity index (χ0n) is 11.8. The Bertz CT molecular complexity index is 385. The SMILES string of the molecule is CCC(CC)(CN)C(=O)Cc1ncnn1C(C)C. The molecule has 0 aliphatic carbocycles. The minimum absolute atomic E-state index is 0.171. The molecule has 102 valence electrons. The van der Waals surface area contributed by atoms with Gasteiger partial charge in [-0.2, -0.15) is 5.10 Å². The smallest absolute Gasteiger partial charge is 0.147 e. The minimum Gasteiger partial charge on any atom is -0.329 e. The zero-order chi connectivity index (χ0) is 13.8. The van der Waals surface area contributed by atoms with Crippen LogP contribution in [0.3, 0.4) is 0 Å². The van der Waals surface area contributed by atoms with E-state index in [9.17, 15) is 4.79 Å². The van der Waals surface area contributed by atoms with Crippen molar-refractivity contribution >= 4 is 5.78 Å². The summed E-state index contributed by atoms with van der Waals surface area (Å²) in [5, 5.41) is 4.15. The molecule has 0 aliphatic rings. The summed E-state index contributed by atoms with van der Waals surface area (Å²) in [5.41, 5.74) is 5.38. The first-order valence-electron chi connectivity index (χ1n) is 6.62. The lowest BCUT2D eigenvalue weighted by Gasteiger charge is -2.28. The zero-order valence-corrected chi connectivity index (χ0v) is 11.8. The van der Waals surface area contributed by atoms with E-state index in [0.717, 1.165) is 18.7 Å². The number of Topliss-reactive ketones (excluding diaryl/α,β-unsaturated/α-hetero) is 1. The summed E-state index contributed by atoms with van der Waals surface area (Å²) >= 11 is 0. The van der Waals surface area contributed by atoms with Crippen molar-refractivity contribution in [2.24, 2.45) is 11.1 Å². The first kappa shape index (κ1) is 14.8. The van der Waals surface area contributed by atoms with Crippen LogP contribution in [0.4, 0.5) is 0 Å². The molecule has 5 nitrogen and oxygen atoms in total. The van der Waals surface area contributed by atoms with Crippen molar-refractivity contribution < 1.29 is 4.79 Å². The lowest BCUT2D eigenvalue weighted by Crippen LogP contribution is -2.39. The van der Waals surface area contributed by atoms with E-state index < -0.39 is 5.41 Å². The Balaban J connectivity index is 2.90. The Kier molecular flexibility index (Phi) is 5.02. The van der Waals surface area contributed by atoms with E-state index in [4.69, 9.17) is 5.73 Å². The molecule has 18 heavy (non-hydrogen) atoms. The molecule has 0 fully saturated rings. The average Bonchev–Trinajstić information content (AvgIpc) is 2.80. The van der Waals surface area contributed by atoms with Gasteiger partial charge in [-0.05, 0) is 26.7 Å². The van der Waals surface area contributed by atoms with Crippen molar-refractivity contribution in [2.75, 3.05) is 6.54 Å². The van der Waals surface area contributed by atoms with Crippen molar-refractivity contribution in [1.29, 1.82) is 0 Å². The maximum absolute atomic E-state index is 12.4. The molecule has 0 bridgehead atoms. The fourth-order valence-electron chi connectivity index (χ4n) is 2.21. The second-order valence-electron chi connectivity index (χ2n) is 5.01. The summed E-state index contributed by atoms with van der Waals surface area (Å²) in [6.07, 6.45) is 3.37. The van der Waals surface area contributed by atoms with Crippen LogP contribution in [0, 0.1) is 5.41 Å². The molecule has 1 rings (SSSR count). The number of carbonyl (C=O) groups is 1. The lowest BCUT2D eigenvalue weighted by atomic mass is 9.77. The monoisotopic (exact) mass is 252 g/mol. The van der Waals surface area contributed by atoms with Crippen LogP contribution in [-0.4, -0.2) is 27.1 Å². The van der Waals surface area contributed by atoms with Crippen molar-refractivity contribution in [1.82, 2.24) is 14.8 Å². The molecule has 0 amide bonds. The molecule has 0 radical (unpaired) electrons. The van der Waals surface area contributed by atoms with E-state index in [1.165, 1.54) is 6.33 Å². The second kappa shape index (κ2) is 6.09. The molecule has 0 saturated carbocycles. The summed E-state index contributed by atoms with van der Waals surface area (Å²) in [6.45, 7) is 8.48. The Hall–Kier alpha value is -1.23. The molecule has 0 unspecified atom stereocenters. The number of carbonyl (C=O) groups excluding carboxylic acids is 1. The van der Waals surface area contributed by atoms with Gasteiger partial charge in [0.15, 0.2) is 0 Å². The van der Waals surface area contributed by atoms with E-state index in [-0.39, 0.29) is 11.8 Å². The second-order valence-corrected chi connectivity index (χ2v) is 5.01. The molecule has 1 heterocycles. The summed E-state index contributed by atoms with van der Waals surface area (Å²) in [4.78, 5) is 16.6. The van der Waals surface area contributed by atoms with Gasteiger partial charge in [0, 0.05) is 18.0 Å². The molecule has 0 saturated heterocycles. The van der Waals surface area contributed by atoms with Gasteiger partial charge >= 0.3 is 0 Å². The highest BCUT2D eigenvalue weighted by Crippen LogP contribution is 2.27. The summed E-state index contributed by atoms with van der Waals surface area (Å²) < 4.78 is 1.80. The number of aromatic nitrogens is 3. The largest absolute Gasteiger partial charge is 0.329 e. The molecule has 0 spiro atoms. The number of nitrogens with zero attached hydrogens (tertiary/aromatic N) is 3. The van der Waals surface area contributed by atoms with Crippen LogP contribution in [0.15, 0.2) is 6.33 Å². The molecule has 0 aliphatic heterocycles. The van der Waals surface area contributed by atoms with Gasteiger partial charge in [-0.3, -0.25) is 4.79 Å². The van der Waals surface area contributed by atoms with Crippen LogP contribution >= 0.6 is 0 Å². The van der Waals surface area contributed by atoms with Crippen molar-refractivity contribution in [2.45, 2.75) is 53.0 Å². The van der Waals surface area contributed by atoms with Gasteiger partial charge in [-0.1, -0.05) is 13.8 Å². The summed E-state index contributed by atoms with van der Waals surface area (Å²) in [6, 6.07) is 0.214. The molecule has 0 atom stereocenters. The standard InChI is InChI=1S/C13H24N4O/c1-5-13(6-2,8-14)11(18)7-12-15-9-16-17(12)10(3)4/h9-10H,5-8,14H2,1-4H3. The van der Waals surface area contributed by atoms with E-state index in [0.29, 0.717) is 13.0 Å². The van der Waals surface area contributed by atoms with Crippen LogP contribution in [0.2, 0.25) is 0 Å². The fraction of sp³-hybridized carbons (Fsp3) is 0.769.